The number of aliphatic imine (C=N–C) groups is 1. The molecule has 0 bridgehead atoms. The summed E-state index contributed by atoms with van der Waals surface area (Å²) in [5.41, 5.74) is 0.351. The molecule has 27 heavy (non-hydrogen) atoms. The predicted molar refractivity (Wildman–Crippen MR) is 112 cm³/mol. The fourth-order valence-electron chi connectivity index (χ4n) is 3.44. The second-order valence-corrected chi connectivity index (χ2v) is 6.61. The van der Waals surface area contributed by atoms with E-state index < -0.39 is 11.6 Å². The molecule has 0 aromatic heterocycles. The van der Waals surface area contributed by atoms with Gasteiger partial charge in [0.15, 0.2) is 17.6 Å². The van der Waals surface area contributed by atoms with Crippen LogP contribution in [-0.2, 0) is 15.9 Å². The molecule has 3 rings (SSSR count). The summed E-state index contributed by atoms with van der Waals surface area (Å²) in [6.45, 7) is 6.07. The van der Waals surface area contributed by atoms with Crippen molar-refractivity contribution in [2.24, 2.45) is 4.99 Å². The average molecular weight is 495 g/mol. The Hall–Kier alpha value is -1.00. The third-order valence-corrected chi connectivity index (χ3v) is 4.78. The van der Waals surface area contributed by atoms with E-state index >= 15 is 0 Å². The quantitative estimate of drug-likeness (QED) is 0.388. The van der Waals surface area contributed by atoms with Crippen molar-refractivity contribution in [3.8, 4) is 0 Å². The first-order chi connectivity index (χ1) is 12.7. The van der Waals surface area contributed by atoms with Crippen molar-refractivity contribution in [3.63, 3.8) is 0 Å². The van der Waals surface area contributed by atoms with Crippen LogP contribution in [0.4, 0.5) is 8.78 Å². The predicted octanol–water partition coefficient (Wildman–Crippen LogP) is 2.97. The van der Waals surface area contributed by atoms with E-state index in [2.05, 4.69) is 15.2 Å². The Morgan fingerprint density at radius 3 is 2.81 bits per heavy atom. The van der Waals surface area contributed by atoms with Gasteiger partial charge in [-0.1, -0.05) is 12.1 Å². The molecule has 1 N–H and O–H groups in total. The van der Waals surface area contributed by atoms with Crippen molar-refractivity contribution >= 4 is 29.9 Å². The lowest BCUT2D eigenvalue weighted by Crippen LogP contribution is -2.53. The molecule has 2 heterocycles. The summed E-state index contributed by atoms with van der Waals surface area (Å²) in [7, 11) is 0. The van der Waals surface area contributed by atoms with Crippen LogP contribution in [0.3, 0.4) is 0 Å². The Kier molecular flexibility index (Phi) is 9.17. The first-order valence-corrected chi connectivity index (χ1v) is 9.38. The molecule has 0 aliphatic carbocycles. The van der Waals surface area contributed by atoms with Crippen LogP contribution in [0.2, 0.25) is 0 Å². The fourth-order valence-corrected chi connectivity index (χ4v) is 3.44. The summed E-state index contributed by atoms with van der Waals surface area (Å²) in [5.74, 6) is -0.806. The van der Waals surface area contributed by atoms with Gasteiger partial charge in [0.2, 0.25) is 0 Å². The molecular formula is C19H28F2IN3O2. The molecule has 0 radical (unpaired) electrons. The van der Waals surface area contributed by atoms with Gasteiger partial charge in [-0.3, -0.25) is 4.99 Å². The van der Waals surface area contributed by atoms with E-state index in [1.165, 1.54) is 6.07 Å². The normalized spacial score (nSPS) is 23.2. The van der Waals surface area contributed by atoms with Gasteiger partial charge in [0.05, 0.1) is 12.7 Å². The van der Waals surface area contributed by atoms with E-state index in [0.29, 0.717) is 25.1 Å². The van der Waals surface area contributed by atoms with Gasteiger partial charge in [-0.15, -0.1) is 24.0 Å². The number of hydrogen-bond donors (Lipinski definition) is 1. The zero-order valence-electron chi connectivity index (χ0n) is 15.6. The summed E-state index contributed by atoms with van der Waals surface area (Å²) in [4.78, 5) is 6.78. The van der Waals surface area contributed by atoms with Gasteiger partial charge in [-0.25, -0.2) is 8.78 Å². The van der Waals surface area contributed by atoms with E-state index in [0.717, 1.165) is 51.1 Å². The molecule has 1 aromatic carbocycles. The topological polar surface area (TPSA) is 46.1 Å². The lowest BCUT2D eigenvalue weighted by Gasteiger charge is -2.37. The molecule has 2 aliphatic heterocycles. The first-order valence-electron chi connectivity index (χ1n) is 9.38. The SMILES string of the molecule is CCNC(=NCCc1cccc(F)c1F)N1CCOC(C2CCCO2)C1.I. The minimum absolute atomic E-state index is 0. The van der Waals surface area contributed by atoms with Crippen LogP contribution in [0.5, 0.6) is 0 Å². The molecular weight excluding hydrogens is 467 g/mol. The Morgan fingerprint density at radius 1 is 1.26 bits per heavy atom. The third kappa shape index (κ3) is 5.99. The molecule has 0 spiro atoms. The van der Waals surface area contributed by atoms with Crippen molar-refractivity contribution in [2.45, 2.75) is 38.4 Å². The summed E-state index contributed by atoms with van der Waals surface area (Å²) in [6, 6.07) is 4.25. The molecule has 2 atom stereocenters. The summed E-state index contributed by atoms with van der Waals surface area (Å²) >= 11 is 0. The number of nitrogens with one attached hydrogen (secondary N) is 1. The zero-order chi connectivity index (χ0) is 18.4. The van der Waals surface area contributed by atoms with E-state index in [4.69, 9.17) is 9.47 Å². The van der Waals surface area contributed by atoms with Gasteiger partial charge in [0.25, 0.3) is 0 Å². The Balaban J connectivity index is 0.00000261. The Labute approximate surface area is 176 Å². The molecule has 2 aliphatic rings. The number of nitrogens with zero attached hydrogens (tertiary/aromatic N) is 2. The third-order valence-electron chi connectivity index (χ3n) is 4.78. The van der Waals surface area contributed by atoms with Gasteiger partial charge in [-0.2, -0.15) is 0 Å². The molecule has 2 saturated heterocycles. The van der Waals surface area contributed by atoms with Gasteiger partial charge >= 0.3 is 0 Å². The van der Waals surface area contributed by atoms with E-state index in [1.54, 1.807) is 6.07 Å². The van der Waals surface area contributed by atoms with E-state index in [-0.39, 0.29) is 36.2 Å². The Morgan fingerprint density at radius 2 is 2.07 bits per heavy atom. The van der Waals surface area contributed by atoms with Gasteiger partial charge in [0.1, 0.15) is 6.10 Å². The maximum absolute atomic E-state index is 13.8. The van der Waals surface area contributed by atoms with E-state index in [9.17, 15) is 8.78 Å². The largest absolute Gasteiger partial charge is 0.375 e. The second-order valence-electron chi connectivity index (χ2n) is 6.61. The minimum atomic E-state index is -0.814. The molecule has 1 aromatic rings. The number of benzene rings is 1. The molecule has 0 saturated carbocycles. The second kappa shape index (κ2) is 11.1. The summed E-state index contributed by atoms with van der Waals surface area (Å²) in [5, 5.41) is 3.29. The van der Waals surface area contributed by atoms with Crippen LogP contribution in [0.25, 0.3) is 0 Å². The highest BCUT2D eigenvalue weighted by Gasteiger charge is 2.32. The zero-order valence-corrected chi connectivity index (χ0v) is 18.0. The smallest absolute Gasteiger partial charge is 0.194 e. The average Bonchev–Trinajstić information content (AvgIpc) is 3.19. The lowest BCUT2D eigenvalue weighted by atomic mass is 10.1. The van der Waals surface area contributed by atoms with Gasteiger partial charge in [-0.05, 0) is 37.8 Å². The molecule has 5 nitrogen and oxygen atoms in total. The highest BCUT2D eigenvalue weighted by atomic mass is 127. The van der Waals surface area contributed by atoms with Crippen LogP contribution >= 0.6 is 24.0 Å². The number of hydrogen-bond acceptors (Lipinski definition) is 3. The summed E-state index contributed by atoms with van der Waals surface area (Å²) < 4.78 is 38.7. The number of guanidine groups is 1. The van der Waals surface area contributed by atoms with E-state index in [1.807, 2.05) is 6.92 Å². The first kappa shape index (κ1) is 22.3. The van der Waals surface area contributed by atoms with Gasteiger partial charge < -0.3 is 19.7 Å². The highest BCUT2D eigenvalue weighted by molar-refractivity contribution is 14.0. The van der Waals surface area contributed by atoms with Crippen LogP contribution in [0, 0.1) is 11.6 Å². The Bertz CT molecular complexity index is 627. The van der Waals surface area contributed by atoms with Crippen LogP contribution in [0.15, 0.2) is 23.2 Å². The standard InChI is InChI=1S/C19H27F2N3O2.HI/c1-2-22-19(23-9-8-14-5-3-6-15(20)18(14)21)24-10-12-26-17(13-24)16-7-4-11-25-16;/h3,5-6,16-17H,2,4,7-13H2,1H3,(H,22,23);1H. The van der Waals surface area contributed by atoms with Crippen LogP contribution in [0.1, 0.15) is 25.3 Å². The number of ether oxygens (including phenoxy) is 2. The molecule has 2 unspecified atom stereocenters. The van der Waals surface area contributed by atoms with Gasteiger partial charge in [0, 0.05) is 32.8 Å². The van der Waals surface area contributed by atoms with Crippen molar-refractivity contribution in [2.75, 3.05) is 39.4 Å². The highest BCUT2D eigenvalue weighted by Crippen LogP contribution is 2.21. The number of halogens is 3. The lowest BCUT2D eigenvalue weighted by molar-refractivity contribution is -0.0817. The van der Waals surface area contributed by atoms with Crippen LogP contribution in [-0.4, -0.2) is 62.5 Å². The monoisotopic (exact) mass is 495 g/mol. The van der Waals surface area contributed by atoms with Crippen LogP contribution < -0.4 is 5.32 Å². The maximum atomic E-state index is 13.8. The molecule has 8 heteroatoms. The number of morpholine rings is 1. The van der Waals surface area contributed by atoms with Crippen molar-refractivity contribution in [1.82, 2.24) is 10.2 Å². The van der Waals surface area contributed by atoms with Crippen molar-refractivity contribution < 1.29 is 18.3 Å². The molecule has 152 valence electrons. The summed E-state index contributed by atoms with van der Waals surface area (Å²) in [6.07, 6.45) is 2.68. The van der Waals surface area contributed by atoms with Crippen molar-refractivity contribution in [3.05, 3.63) is 35.4 Å². The van der Waals surface area contributed by atoms with Crippen molar-refractivity contribution in [1.29, 1.82) is 0 Å². The molecule has 0 amide bonds. The molecule has 2 fully saturated rings. The maximum Gasteiger partial charge on any atom is 0.194 e. The number of rotatable bonds is 5. The fraction of sp³-hybridized carbons (Fsp3) is 0.632. The minimum Gasteiger partial charge on any atom is -0.375 e.